The highest BCUT2D eigenvalue weighted by Crippen LogP contribution is 2.25. The molecule has 17 heavy (non-hydrogen) atoms. The zero-order valence-electron chi connectivity index (χ0n) is 9.81. The number of hydrogen-bond donors (Lipinski definition) is 2. The summed E-state index contributed by atoms with van der Waals surface area (Å²) in [7, 11) is 0. The van der Waals surface area contributed by atoms with Crippen LogP contribution in [0.3, 0.4) is 0 Å². The van der Waals surface area contributed by atoms with Gasteiger partial charge in [-0.3, -0.25) is 10.1 Å². The van der Waals surface area contributed by atoms with E-state index in [4.69, 9.17) is 0 Å². The maximum Gasteiger partial charge on any atom is 0.321 e. The molecule has 1 atom stereocenters. The van der Waals surface area contributed by atoms with Crippen LogP contribution in [0.1, 0.15) is 18.9 Å². The molecule has 2 N–H and O–H groups in total. The number of nitrogens with one attached hydrogen (secondary N) is 2. The van der Waals surface area contributed by atoms with Gasteiger partial charge in [0.2, 0.25) is 5.91 Å². The van der Waals surface area contributed by atoms with Crippen LogP contribution >= 0.6 is 23.1 Å². The lowest BCUT2D eigenvalue weighted by Gasteiger charge is -2.09. The predicted octanol–water partition coefficient (Wildman–Crippen LogP) is 1.17. The molecule has 1 unspecified atom stereocenters. The first-order valence-electron chi connectivity index (χ1n) is 5.08. The van der Waals surface area contributed by atoms with Crippen molar-refractivity contribution in [2.75, 3.05) is 6.54 Å². The molecule has 8 heteroatoms. The Hall–Kier alpha value is -1.15. The average Bonchev–Trinajstić information content (AvgIpc) is 2.64. The van der Waals surface area contributed by atoms with Crippen molar-refractivity contribution in [1.82, 2.24) is 20.8 Å². The Morgan fingerprint density at radius 1 is 1.47 bits per heavy atom. The zero-order valence-corrected chi connectivity index (χ0v) is 11.4. The van der Waals surface area contributed by atoms with Gasteiger partial charge < -0.3 is 5.32 Å². The summed E-state index contributed by atoms with van der Waals surface area (Å²) < 4.78 is 0.723. The Balaban J connectivity index is 2.44. The van der Waals surface area contributed by atoms with E-state index < -0.39 is 6.03 Å². The van der Waals surface area contributed by atoms with Gasteiger partial charge in [-0.2, -0.15) is 0 Å². The van der Waals surface area contributed by atoms with Gasteiger partial charge in [-0.05, 0) is 20.8 Å². The van der Waals surface area contributed by atoms with Crippen LogP contribution in [-0.4, -0.2) is 33.9 Å². The van der Waals surface area contributed by atoms with Crippen LogP contribution in [0.5, 0.6) is 0 Å². The summed E-state index contributed by atoms with van der Waals surface area (Å²) >= 11 is 2.71. The molecule has 0 saturated heterocycles. The first kappa shape index (κ1) is 13.9. The first-order valence-corrected chi connectivity index (χ1v) is 6.78. The van der Waals surface area contributed by atoms with Crippen molar-refractivity contribution in [3.8, 4) is 0 Å². The molecule has 3 amide bonds. The number of imide groups is 1. The Morgan fingerprint density at radius 2 is 2.18 bits per heavy atom. The van der Waals surface area contributed by atoms with Gasteiger partial charge in [-0.15, -0.1) is 10.2 Å². The van der Waals surface area contributed by atoms with Crippen molar-refractivity contribution in [1.29, 1.82) is 0 Å². The third kappa shape index (κ3) is 4.70. The summed E-state index contributed by atoms with van der Waals surface area (Å²) in [6, 6.07) is -0.474. The zero-order chi connectivity index (χ0) is 12.8. The van der Waals surface area contributed by atoms with Crippen LogP contribution in [0.15, 0.2) is 4.34 Å². The van der Waals surface area contributed by atoms with E-state index in [0.29, 0.717) is 6.54 Å². The summed E-state index contributed by atoms with van der Waals surface area (Å²) in [5.41, 5.74) is 0. The summed E-state index contributed by atoms with van der Waals surface area (Å²) in [5, 5.41) is 13.0. The Morgan fingerprint density at radius 3 is 2.71 bits per heavy atom. The van der Waals surface area contributed by atoms with Gasteiger partial charge in [0.1, 0.15) is 5.01 Å². The molecule has 1 heterocycles. The van der Waals surface area contributed by atoms with Crippen LogP contribution in [0.2, 0.25) is 0 Å². The van der Waals surface area contributed by atoms with Crippen LogP contribution < -0.4 is 10.6 Å². The average molecular weight is 274 g/mol. The standard InChI is InChI=1S/C9H14N4O2S2/c1-4-10-8(15)11-7(14)5(2)16-9-13-12-6(3)17-9/h5H,4H2,1-3H3,(H2,10,11,14,15). The van der Waals surface area contributed by atoms with Crippen molar-refractivity contribution in [3.63, 3.8) is 0 Å². The second-order valence-electron chi connectivity index (χ2n) is 3.20. The first-order chi connectivity index (χ1) is 8.02. The molecule has 0 radical (unpaired) electrons. The molecule has 0 bridgehead atoms. The fourth-order valence-electron chi connectivity index (χ4n) is 0.949. The van der Waals surface area contributed by atoms with Gasteiger partial charge in [-0.1, -0.05) is 23.1 Å². The highest BCUT2D eigenvalue weighted by Gasteiger charge is 2.18. The smallest absolute Gasteiger partial charge is 0.321 e. The van der Waals surface area contributed by atoms with Crippen LogP contribution in [0.4, 0.5) is 4.79 Å². The molecule has 1 rings (SSSR count). The summed E-state index contributed by atoms with van der Waals surface area (Å²) in [6.07, 6.45) is 0. The van der Waals surface area contributed by atoms with E-state index in [1.807, 2.05) is 6.92 Å². The van der Waals surface area contributed by atoms with Gasteiger partial charge in [-0.25, -0.2) is 4.79 Å². The third-order valence-electron chi connectivity index (χ3n) is 1.73. The van der Waals surface area contributed by atoms with Crippen molar-refractivity contribution in [3.05, 3.63) is 5.01 Å². The van der Waals surface area contributed by atoms with Gasteiger partial charge in [0.05, 0.1) is 5.25 Å². The molecule has 6 nitrogen and oxygen atoms in total. The van der Waals surface area contributed by atoms with Crippen LogP contribution in [0, 0.1) is 6.92 Å². The van der Waals surface area contributed by atoms with Crippen LogP contribution in [0.25, 0.3) is 0 Å². The van der Waals surface area contributed by atoms with Crippen molar-refractivity contribution in [2.24, 2.45) is 0 Å². The fourth-order valence-corrected chi connectivity index (χ4v) is 2.91. The Kier molecular flexibility index (Phi) is 5.36. The number of urea groups is 1. The molecule has 0 saturated carbocycles. The number of nitrogens with zero attached hydrogens (tertiary/aromatic N) is 2. The predicted molar refractivity (Wildman–Crippen MR) is 67.2 cm³/mol. The lowest BCUT2D eigenvalue weighted by Crippen LogP contribution is -2.42. The molecule has 94 valence electrons. The molecular formula is C9H14N4O2S2. The number of hydrogen-bond acceptors (Lipinski definition) is 6. The lowest BCUT2D eigenvalue weighted by molar-refractivity contribution is -0.119. The number of rotatable bonds is 4. The van der Waals surface area contributed by atoms with E-state index >= 15 is 0 Å². The van der Waals surface area contributed by atoms with E-state index in [9.17, 15) is 9.59 Å². The summed E-state index contributed by atoms with van der Waals surface area (Å²) in [5.74, 6) is -0.339. The van der Waals surface area contributed by atoms with E-state index in [0.717, 1.165) is 9.35 Å². The van der Waals surface area contributed by atoms with E-state index in [2.05, 4.69) is 20.8 Å². The lowest BCUT2D eigenvalue weighted by atomic mass is 10.4. The number of aromatic nitrogens is 2. The second kappa shape index (κ2) is 6.55. The van der Waals surface area contributed by atoms with Gasteiger partial charge in [0, 0.05) is 6.54 Å². The molecule has 0 aliphatic rings. The maximum absolute atomic E-state index is 11.6. The second-order valence-corrected chi connectivity index (χ2v) is 5.97. The van der Waals surface area contributed by atoms with Gasteiger partial charge in [0.25, 0.3) is 0 Å². The molecule has 0 spiro atoms. The third-order valence-corrected chi connectivity index (χ3v) is 3.75. The molecule has 1 aromatic rings. The minimum atomic E-state index is -0.474. The highest BCUT2D eigenvalue weighted by atomic mass is 32.2. The molecular weight excluding hydrogens is 260 g/mol. The normalized spacial score (nSPS) is 11.9. The number of thioether (sulfide) groups is 1. The minimum absolute atomic E-state index is 0.339. The Labute approximate surface area is 108 Å². The minimum Gasteiger partial charge on any atom is -0.338 e. The topological polar surface area (TPSA) is 84.0 Å². The van der Waals surface area contributed by atoms with Gasteiger partial charge in [0.15, 0.2) is 4.34 Å². The quantitative estimate of drug-likeness (QED) is 0.805. The molecule has 0 fully saturated rings. The van der Waals surface area contributed by atoms with E-state index in [1.54, 1.807) is 13.8 Å². The number of carbonyl (C=O) groups excluding carboxylic acids is 2. The maximum atomic E-state index is 11.6. The molecule has 0 aliphatic heterocycles. The highest BCUT2D eigenvalue weighted by molar-refractivity contribution is 8.02. The van der Waals surface area contributed by atoms with Crippen molar-refractivity contribution >= 4 is 35.0 Å². The van der Waals surface area contributed by atoms with E-state index in [1.165, 1.54) is 23.1 Å². The summed E-state index contributed by atoms with van der Waals surface area (Å²) in [4.78, 5) is 22.7. The van der Waals surface area contributed by atoms with Crippen LogP contribution in [-0.2, 0) is 4.79 Å². The number of carbonyl (C=O) groups is 2. The van der Waals surface area contributed by atoms with Crippen molar-refractivity contribution < 1.29 is 9.59 Å². The molecule has 0 aliphatic carbocycles. The fraction of sp³-hybridized carbons (Fsp3) is 0.556. The molecule has 1 aromatic heterocycles. The Bertz CT molecular complexity index is 407. The summed E-state index contributed by atoms with van der Waals surface area (Å²) in [6.45, 7) is 5.83. The molecule has 0 aromatic carbocycles. The largest absolute Gasteiger partial charge is 0.338 e. The van der Waals surface area contributed by atoms with Gasteiger partial charge >= 0.3 is 6.03 Å². The van der Waals surface area contributed by atoms with Crippen molar-refractivity contribution in [2.45, 2.75) is 30.4 Å². The monoisotopic (exact) mass is 274 g/mol. The van der Waals surface area contributed by atoms with E-state index in [-0.39, 0.29) is 11.2 Å². The number of amides is 3. The number of aryl methyl sites for hydroxylation is 1. The SMILES string of the molecule is CCNC(=O)NC(=O)C(C)Sc1nnc(C)s1.